The first kappa shape index (κ1) is 18.2. The first-order valence-electron chi connectivity index (χ1n) is 11.9. The topological polar surface area (TPSA) is 52.6 Å². The van der Waals surface area contributed by atoms with Gasteiger partial charge in [0.15, 0.2) is 0 Å². The SMILES string of the molecule is O=C(CCCC(=O)O[C@H]1CC[C@@H]2[C@H]1[C@@H]1C=C[C@H]2C1)O[C@H]1CC[C@@H]2[C@H]1[C@@H]1C=C[C@H]2C1. The van der Waals surface area contributed by atoms with Crippen LogP contribution in [0.4, 0.5) is 0 Å². The molecule has 4 nitrogen and oxygen atoms in total. The van der Waals surface area contributed by atoms with Crippen LogP contribution in [0.3, 0.4) is 0 Å². The molecule has 0 aliphatic heterocycles. The zero-order valence-corrected chi connectivity index (χ0v) is 17.1. The summed E-state index contributed by atoms with van der Waals surface area (Å²) in [6, 6.07) is 0. The van der Waals surface area contributed by atoms with Crippen LogP contribution in [0.2, 0.25) is 0 Å². The molecule has 0 saturated heterocycles. The van der Waals surface area contributed by atoms with Gasteiger partial charge in [0.05, 0.1) is 0 Å². The van der Waals surface area contributed by atoms with Crippen LogP contribution in [0.15, 0.2) is 24.3 Å². The molecule has 4 bridgehead atoms. The summed E-state index contributed by atoms with van der Waals surface area (Å²) in [5, 5.41) is 0. The Labute approximate surface area is 173 Å². The van der Waals surface area contributed by atoms with Crippen molar-refractivity contribution in [1.82, 2.24) is 0 Å². The van der Waals surface area contributed by atoms with Crippen LogP contribution in [0, 0.1) is 47.3 Å². The predicted molar refractivity (Wildman–Crippen MR) is 108 cm³/mol. The maximum Gasteiger partial charge on any atom is 0.306 e. The quantitative estimate of drug-likeness (QED) is 0.492. The van der Waals surface area contributed by atoms with E-state index in [0.29, 0.717) is 42.9 Å². The molecule has 0 unspecified atom stereocenters. The van der Waals surface area contributed by atoms with Gasteiger partial charge in [0.25, 0.3) is 0 Å². The zero-order valence-electron chi connectivity index (χ0n) is 17.1. The summed E-state index contributed by atoms with van der Waals surface area (Å²) in [4.78, 5) is 24.7. The van der Waals surface area contributed by atoms with Gasteiger partial charge < -0.3 is 9.47 Å². The van der Waals surface area contributed by atoms with Crippen molar-refractivity contribution in [2.75, 3.05) is 0 Å². The largest absolute Gasteiger partial charge is 0.462 e. The molecular weight excluding hydrogens is 364 g/mol. The van der Waals surface area contributed by atoms with E-state index in [9.17, 15) is 9.59 Å². The second kappa shape index (κ2) is 6.99. The molecule has 156 valence electrons. The summed E-state index contributed by atoms with van der Waals surface area (Å²) in [6.45, 7) is 0. The Kier molecular flexibility index (Phi) is 4.39. The Balaban J connectivity index is 0.939. The monoisotopic (exact) mass is 396 g/mol. The van der Waals surface area contributed by atoms with Crippen molar-refractivity contribution >= 4 is 11.9 Å². The Morgan fingerprint density at radius 1 is 0.655 bits per heavy atom. The third-order valence-corrected chi connectivity index (χ3v) is 9.13. The van der Waals surface area contributed by atoms with E-state index in [1.165, 1.54) is 25.7 Å². The first-order valence-corrected chi connectivity index (χ1v) is 11.9. The molecule has 0 heterocycles. The molecule has 10 atom stereocenters. The third-order valence-electron chi connectivity index (χ3n) is 9.13. The number of allylic oxidation sites excluding steroid dienone is 4. The van der Waals surface area contributed by atoms with E-state index in [4.69, 9.17) is 9.47 Å². The predicted octanol–water partition coefficient (Wildman–Crippen LogP) is 4.44. The molecule has 0 aromatic heterocycles. The van der Waals surface area contributed by atoms with Crippen molar-refractivity contribution in [1.29, 1.82) is 0 Å². The molecule has 0 N–H and O–H groups in total. The Morgan fingerprint density at radius 3 is 1.59 bits per heavy atom. The fraction of sp³-hybridized carbons (Fsp3) is 0.760. The van der Waals surface area contributed by atoms with E-state index >= 15 is 0 Å². The molecule has 29 heavy (non-hydrogen) atoms. The van der Waals surface area contributed by atoms with Crippen LogP contribution in [-0.4, -0.2) is 24.1 Å². The van der Waals surface area contributed by atoms with Crippen molar-refractivity contribution in [3.8, 4) is 0 Å². The lowest BCUT2D eigenvalue weighted by Crippen LogP contribution is -2.28. The zero-order chi connectivity index (χ0) is 19.5. The maximum atomic E-state index is 12.4. The second-order valence-electron chi connectivity index (χ2n) is 10.4. The van der Waals surface area contributed by atoms with Gasteiger partial charge in [-0.05, 0) is 80.5 Å². The van der Waals surface area contributed by atoms with Crippen LogP contribution >= 0.6 is 0 Å². The summed E-state index contributed by atoms with van der Waals surface area (Å²) in [5.74, 6) is 4.99. The van der Waals surface area contributed by atoms with Gasteiger partial charge in [-0.2, -0.15) is 0 Å². The van der Waals surface area contributed by atoms with E-state index in [1.54, 1.807) is 0 Å². The van der Waals surface area contributed by atoms with Gasteiger partial charge in [0, 0.05) is 24.7 Å². The first-order chi connectivity index (χ1) is 14.2. The molecule has 6 aliphatic carbocycles. The lowest BCUT2D eigenvalue weighted by molar-refractivity contribution is -0.153. The van der Waals surface area contributed by atoms with Crippen molar-refractivity contribution in [2.45, 2.75) is 70.0 Å². The minimum absolute atomic E-state index is 0.0978. The molecule has 4 heteroatoms. The molecule has 6 aliphatic rings. The van der Waals surface area contributed by atoms with E-state index < -0.39 is 0 Å². The fourth-order valence-corrected chi connectivity index (χ4v) is 8.05. The molecular formula is C25H32O4. The van der Waals surface area contributed by atoms with E-state index in [0.717, 1.165) is 36.5 Å². The van der Waals surface area contributed by atoms with E-state index in [-0.39, 0.29) is 24.1 Å². The lowest BCUT2D eigenvalue weighted by atomic mass is 9.85. The van der Waals surface area contributed by atoms with Gasteiger partial charge >= 0.3 is 11.9 Å². The Morgan fingerprint density at radius 2 is 1.10 bits per heavy atom. The fourth-order valence-electron chi connectivity index (χ4n) is 8.05. The summed E-state index contributed by atoms with van der Waals surface area (Å²) in [6.07, 6.45) is 17.8. The summed E-state index contributed by atoms with van der Waals surface area (Å²) in [7, 11) is 0. The highest BCUT2D eigenvalue weighted by molar-refractivity contribution is 5.72. The second-order valence-corrected chi connectivity index (χ2v) is 10.4. The number of fused-ring (bicyclic) bond motifs is 10. The molecule has 4 saturated carbocycles. The van der Waals surface area contributed by atoms with Crippen LogP contribution in [-0.2, 0) is 19.1 Å². The van der Waals surface area contributed by atoms with Crippen LogP contribution in [0.5, 0.6) is 0 Å². The number of carbonyl (C=O) groups is 2. The molecule has 0 radical (unpaired) electrons. The molecule has 0 aromatic carbocycles. The molecule has 4 fully saturated rings. The van der Waals surface area contributed by atoms with Crippen LogP contribution < -0.4 is 0 Å². The summed E-state index contributed by atoms with van der Waals surface area (Å²) < 4.78 is 11.7. The van der Waals surface area contributed by atoms with E-state index in [2.05, 4.69) is 24.3 Å². The van der Waals surface area contributed by atoms with Crippen molar-refractivity contribution in [2.24, 2.45) is 47.3 Å². The minimum Gasteiger partial charge on any atom is -0.462 e. The number of esters is 2. The number of rotatable bonds is 6. The Hall–Kier alpha value is -1.58. The van der Waals surface area contributed by atoms with Gasteiger partial charge in [0.1, 0.15) is 12.2 Å². The number of carbonyl (C=O) groups excluding carboxylic acids is 2. The van der Waals surface area contributed by atoms with Gasteiger partial charge in [-0.25, -0.2) is 0 Å². The van der Waals surface area contributed by atoms with Gasteiger partial charge in [-0.15, -0.1) is 0 Å². The van der Waals surface area contributed by atoms with Gasteiger partial charge in [-0.1, -0.05) is 24.3 Å². The molecule has 6 rings (SSSR count). The highest BCUT2D eigenvalue weighted by atomic mass is 16.5. The van der Waals surface area contributed by atoms with E-state index in [1.807, 2.05) is 0 Å². The third kappa shape index (κ3) is 3.00. The lowest BCUT2D eigenvalue weighted by Gasteiger charge is -2.26. The number of hydrogen-bond acceptors (Lipinski definition) is 4. The summed E-state index contributed by atoms with van der Waals surface area (Å²) in [5.41, 5.74) is 0. The minimum atomic E-state index is -0.130. The maximum absolute atomic E-state index is 12.4. The highest BCUT2D eigenvalue weighted by Gasteiger charge is 2.53. The highest BCUT2D eigenvalue weighted by Crippen LogP contribution is 2.57. The Bertz CT molecular complexity index is 692. The van der Waals surface area contributed by atoms with Gasteiger partial charge in [-0.3, -0.25) is 9.59 Å². The smallest absolute Gasteiger partial charge is 0.306 e. The van der Waals surface area contributed by atoms with Crippen LogP contribution in [0.1, 0.15) is 57.8 Å². The molecule has 0 aromatic rings. The van der Waals surface area contributed by atoms with Crippen LogP contribution in [0.25, 0.3) is 0 Å². The number of ether oxygens (including phenoxy) is 2. The van der Waals surface area contributed by atoms with Gasteiger partial charge in [0.2, 0.25) is 0 Å². The van der Waals surface area contributed by atoms with Crippen molar-refractivity contribution in [3.63, 3.8) is 0 Å². The number of hydrogen-bond donors (Lipinski definition) is 0. The molecule has 0 amide bonds. The summed E-state index contributed by atoms with van der Waals surface area (Å²) >= 11 is 0. The average molecular weight is 397 g/mol. The normalized spacial score (nSPS) is 47.6. The molecule has 0 spiro atoms. The van der Waals surface area contributed by atoms with Crippen molar-refractivity contribution in [3.05, 3.63) is 24.3 Å². The standard InChI is InChI=1S/C25H32O4/c26-22(28-20-10-8-18-14-4-6-16(12-14)24(18)20)2-1-3-23(27)29-21-11-9-19-15-5-7-17(13-15)25(19)21/h4-7,14-21,24-25H,1-3,8-13H2/t14-,15-,16+,17+,18-,19-,20-,21-,24+,25+/m0/s1. The van der Waals surface area contributed by atoms with Crippen molar-refractivity contribution < 1.29 is 19.1 Å². The average Bonchev–Trinajstić information content (AvgIpc) is 3.50.